The van der Waals surface area contributed by atoms with E-state index in [1.54, 1.807) is 0 Å². The van der Waals surface area contributed by atoms with Crippen molar-refractivity contribution in [3.8, 4) is 0 Å². The topological polar surface area (TPSA) is 33.4 Å². The van der Waals surface area contributed by atoms with Crippen LogP contribution in [0.15, 0.2) is 24.8 Å². The van der Waals surface area contributed by atoms with Crippen LogP contribution in [0.5, 0.6) is 0 Å². The van der Waals surface area contributed by atoms with E-state index >= 15 is 0 Å². The molecular formula is C11H10Br2O2S. The molecule has 0 saturated heterocycles. The summed E-state index contributed by atoms with van der Waals surface area (Å²) < 4.78 is 7.36. The van der Waals surface area contributed by atoms with Crippen molar-refractivity contribution in [2.45, 2.75) is 20.0 Å². The predicted molar refractivity (Wildman–Crippen MR) is 72.0 cm³/mol. The minimum atomic E-state index is -0.620. The summed E-state index contributed by atoms with van der Waals surface area (Å²) in [6.07, 6.45) is -0.620. The molecule has 0 amide bonds. The Labute approximate surface area is 115 Å². The van der Waals surface area contributed by atoms with Crippen LogP contribution in [0, 0.1) is 13.8 Å². The first-order valence-electron chi connectivity index (χ1n) is 4.68. The number of aliphatic hydroxyl groups excluding tert-OH is 1. The molecule has 0 bridgehead atoms. The lowest BCUT2D eigenvalue weighted by Crippen LogP contribution is -1.96. The second-order valence-electron chi connectivity index (χ2n) is 3.54. The van der Waals surface area contributed by atoms with E-state index in [1.807, 2.05) is 26.0 Å². The van der Waals surface area contributed by atoms with E-state index in [2.05, 4.69) is 31.9 Å². The number of hydrogen-bond donors (Lipinski definition) is 1. The van der Waals surface area contributed by atoms with E-state index in [1.165, 1.54) is 11.3 Å². The molecule has 0 radical (unpaired) electrons. The smallest absolute Gasteiger partial charge is 0.117 e. The molecule has 2 aromatic heterocycles. The molecule has 0 aromatic carbocycles. The SMILES string of the molecule is Cc1cc(C(O)c2cc(Br)c(Br)s2)c(C)o1. The van der Waals surface area contributed by atoms with E-state index in [0.29, 0.717) is 0 Å². The van der Waals surface area contributed by atoms with Crippen LogP contribution in [-0.2, 0) is 0 Å². The van der Waals surface area contributed by atoms with Gasteiger partial charge in [-0.3, -0.25) is 0 Å². The first-order valence-corrected chi connectivity index (χ1v) is 7.09. The molecule has 2 aromatic rings. The molecule has 0 saturated carbocycles. The fourth-order valence-corrected chi connectivity index (χ4v) is 3.67. The molecule has 86 valence electrons. The summed E-state index contributed by atoms with van der Waals surface area (Å²) in [4.78, 5) is 0.891. The lowest BCUT2D eigenvalue weighted by molar-refractivity contribution is 0.221. The van der Waals surface area contributed by atoms with Crippen molar-refractivity contribution in [3.05, 3.63) is 42.4 Å². The van der Waals surface area contributed by atoms with Crippen LogP contribution in [0.3, 0.4) is 0 Å². The molecule has 5 heteroatoms. The van der Waals surface area contributed by atoms with Crippen LogP contribution in [0.1, 0.15) is 28.1 Å². The maximum absolute atomic E-state index is 10.2. The van der Waals surface area contributed by atoms with Gasteiger partial charge >= 0.3 is 0 Å². The summed E-state index contributed by atoms with van der Waals surface area (Å²) in [5.74, 6) is 1.59. The normalized spacial score (nSPS) is 13.1. The molecule has 1 unspecified atom stereocenters. The Hall–Kier alpha value is -0.100. The Kier molecular flexibility index (Phi) is 3.59. The average molecular weight is 366 g/mol. The summed E-state index contributed by atoms with van der Waals surface area (Å²) in [6.45, 7) is 3.74. The molecule has 0 aliphatic rings. The molecule has 0 fully saturated rings. The average Bonchev–Trinajstić information content (AvgIpc) is 2.70. The van der Waals surface area contributed by atoms with Crippen molar-refractivity contribution in [3.63, 3.8) is 0 Å². The Balaban J connectivity index is 2.38. The number of aryl methyl sites for hydroxylation is 2. The minimum Gasteiger partial charge on any atom is -0.466 e. The lowest BCUT2D eigenvalue weighted by atomic mass is 10.1. The van der Waals surface area contributed by atoms with E-state index in [9.17, 15) is 5.11 Å². The summed E-state index contributed by atoms with van der Waals surface area (Å²) >= 11 is 8.34. The van der Waals surface area contributed by atoms with Crippen molar-refractivity contribution in [2.75, 3.05) is 0 Å². The van der Waals surface area contributed by atoms with Crippen molar-refractivity contribution < 1.29 is 9.52 Å². The lowest BCUT2D eigenvalue weighted by Gasteiger charge is -2.06. The molecule has 2 rings (SSSR count). The van der Waals surface area contributed by atoms with Gasteiger partial charge in [0, 0.05) is 14.9 Å². The van der Waals surface area contributed by atoms with E-state index in [-0.39, 0.29) is 0 Å². The van der Waals surface area contributed by atoms with Crippen molar-refractivity contribution >= 4 is 43.2 Å². The zero-order chi connectivity index (χ0) is 11.9. The third kappa shape index (κ3) is 2.27. The van der Waals surface area contributed by atoms with Gasteiger partial charge in [0.25, 0.3) is 0 Å². The minimum absolute atomic E-state index is 0.620. The highest BCUT2D eigenvalue weighted by atomic mass is 79.9. The van der Waals surface area contributed by atoms with Crippen LogP contribution in [0.25, 0.3) is 0 Å². The van der Waals surface area contributed by atoms with Gasteiger partial charge in [-0.25, -0.2) is 0 Å². The van der Waals surface area contributed by atoms with Crippen LogP contribution in [0.2, 0.25) is 0 Å². The highest BCUT2D eigenvalue weighted by molar-refractivity contribution is 9.13. The molecule has 0 aliphatic carbocycles. The van der Waals surface area contributed by atoms with Crippen molar-refractivity contribution in [1.29, 1.82) is 0 Å². The standard InChI is InChI=1S/C11H10Br2O2S/c1-5-3-7(6(2)15-5)10(14)9-4-8(12)11(13)16-9/h3-4,10,14H,1-2H3. The zero-order valence-corrected chi connectivity index (χ0v) is 12.7. The summed E-state index contributed by atoms with van der Waals surface area (Å²) in [7, 11) is 0. The second kappa shape index (κ2) is 4.64. The Morgan fingerprint density at radius 2 is 2.00 bits per heavy atom. The second-order valence-corrected chi connectivity index (χ2v) is 6.80. The van der Waals surface area contributed by atoms with Gasteiger partial charge in [0.15, 0.2) is 0 Å². The van der Waals surface area contributed by atoms with Crippen LogP contribution in [-0.4, -0.2) is 5.11 Å². The number of hydrogen-bond acceptors (Lipinski definition) is 3. The quantitative estimate of drug-likeness (QED) is 0.845. The molecule has 1 atom stereocenters. The Morgan fingerprint density at radius 1 is 1.31 bits per heavy atom. The van der Waals surface area contributed by atoms with E-state index < -0.39 is 6.10 Å². The predicted octanol–water partition coefficient (Wildman–Crippen LogP) is 4.56. The third-order valence-electron chi connectivity index (χ3n) is 2.31. The Bertz CT molecular complexity index is 497. The largest absolute Gasteiger partial charge is 0.466 e. The van der Waals surface area contributed by atoms with Gasteiger partial charge in [-0.05, 0) is 57.8 Å². The number of halogens is 2. The number of rotatable bonds is 2. The monoisotopic (exact) mass is 364 g/mol. The van der Waals surface area contributed by atoms with Crippen LogP contribution < -0.4 is 0 Å². The molecular weight excluding hydrogens is 356 g/mol. The maximum atomic E-state index is 10.2. The summed E-state index contributed by atoms with van der Waals surface area (Å²) in [6, 6.07) is 3.79. The van der Waals surface area contributed by atoms with E-state index in [4.69, 9.17) is 4.42 Å². The van der Waals surface area contributed by atoms with E-state index in [0.717, 1.165) is 30.2 Å². The first-order chi connectivity index (χ1) is 7.49. The molecule has 0 aliphatic heterocycles. The highest BCUT2D eigenvalue weighted by Crippen LogP contribution is 2.38. The maximum Gasteiger partial charge on any atom is 0.117 e. The molecule has 2 nitrogen and oxygen atoms in total. The first kappa shape index (κ1) is 12.4. The molecule has 1 N–H and O–H groups in total. The van der Waals surface area contributed by atoms with Gasteiger partial charge in [-0.15, -0.1) is 11.3 Å². The number of thiophene rings is 1. The third-order valence-corrected chi connectivity index (χ3v) is 5.62. The van der Waals surface area contributed by atoms with Gasteiger partial charge in [0.1, 0.15) is 17.6 Å². The fourth-order valence-electron chi connectivity index (χ4n) is 1.57. The van der Waals surface area contributed by atoms with Crippen LogP contribution in [0.4, 0.5) is 0 Å². The summed E-state index contributed by atoms with van der Waals surface area (Å²) in [5.41, 5.74) is 0.832. The number of aliphatic hydroxyl groups is 1. The van der Waals surface area contributed by atoms with Gasteiger partial charge in [-0.1, -0.05) is 0 Å². The highest BCUT2D eigenvalue weighted by Gasteiger charge is 2.19. The summed E-state index contributed by atoms with van der Waals surface area (Å²) in [5, 5.41) is 10.2. The van der Waals surface area contributed by atoms with Gasteiger partial charge < -0.3 is 9.52 Å². The number of furan rings is 1. The molecule has 16 heavy (non-hydrogen) atoms. The van der Waals surface area contributed by atoms with Crippen molar-refractivity contribution in [1.82, 2.24) is 0 Å². The van der Waals surface area contributed by atoms with Crippen molar-refractivity contribution in [2.24, 2.45) is 0 Å². The molecule has 2 heterocycles. The van der Waals surface area contributed by atoms with Gasteiger partial charge in [0.2, 0.25) is 0 Å². The van der Waals surface area contributed by atoms with Gasteiger partial charge in [-0.2, -0.15) is 0 Å². The van der Waals surface area contributed by atoms with Gasteiger partial charge in [0.05, 0.1) is 3.79 Å². The molecule has 0 spiro atoms. The Morgan fingerprint density at radius 3 is 2.44 bits per heavy atom. The van der Waals surface area contributed by atoms with Crippen LogP contribution >= 0.6 is 43.2 Å². The zero-order valence-electron chi connectivity index (χ0n) is 8.75. The fraction of sp³-hybridized carbons (Fsp3) is 0.273.